The third-order valence-electron chi connectivity index (χ3n) is 3.85. The van der Waals surface area contributed by atoms with Crippen molar-refractivity contribution in [2.45, 2.75) is 13.3 Å². The molecule has 128 valence electrons. The van der Waals surface area contributed by atoms with Crippen LogP contribution in [0, 0.1) is 6.92 Å². The van der Waals surface area contributed by atoms with Gasteiger partial charge in [-0.15, -0.1) is 5.10 Å². The minimum Gasteiger partial charge on any atom is -0.358 e. The molecule has 25 heavy (non-hydrogen) atoms. The third kappa shape index (κ3) is 4.73. The number of benzene rings is 1. The number of nitrogens with one attached hydrogen (secondary N) is 1. The van der Waals surface area contributed by atoms with E-state index in [9.17, 15) is 0 Å². The Kier molecular flexibility index (Phi) is 5.55. The van der Waals surface area contributed by atoms with Crippen LogP contribution in [-0.2, 0) is 6.42 Å². The lowest BCUT2D eigenvalue weighted by Crippen LogP contribution is -2.22. The van der Waals surface area contributed by atoms with Crippen molar-refractivity contribution >= 4 is 33.4 Å². The zero-order valence-corrected chi connectivity index (χ0v) is 15.7. The Balaban J connectivity index is 1.66. The van der Waals surface area contributed by atoms with Crippen LogP contribution in [0.2, 0.25) is 0 Å². The van der Waals surface area contributed by atoms with Gasteiger partial charge in [0.1, 0.15) is 0 Å². The third-order valence-corrected chi connectivity index (χ3v) is 4.70. The van der Waals surface area contributed by atoms with Gasteiger partial charge in [-0.05, 0) is 48.7 Å². The van der Waals surface area contributed by atoms with Crippen molar-refractivity contribution in [2.75, 3.05) is 23.8 Å². The highest BCUT2D eigenvalue weighted by molar-refractivity contribution is 9.10. The van der Waals surface area contributed by atoms with Crippen molar-refractivity contribution in [3.8, 4) is 0 Å². The molecule has 0 saturated heterocycles. The first kappa shape index (κ1) is 17.3. The lowest BCUT2D eigenvalue weighted by molar-refractivity contribution is 0.840. The van der Waals surface area contributed by atoms with Crippen molar-refractivity contribution in [3.05, 3.63) is 64.5 Å². The largest absolute Gasteiger partial charge is 0.358 e. The van der Waals surface area contributed by atoms with E-state index in [1.165, 1.54) is 11.1 Å². The number of likely N-dealkylation sites (N-methyl/N-ethyl adjacent to an activating group) is 1. The van der Waals surface area contributed by atoms with Crippen molar-refractivity contribution in [2.24, 2.45) is 0 Å². The van der Waals surface area contributed by atoms with Crippen molar-refractivity contribution in [1.82, 2.24) is 20.2 Å². The van der Waals surface area contributed by atoms with Crippen LogP contribution in [0.1, 0.15) is 11.1 Å². The Morgan fingerprint density at radius 1 is 1.16 bits per heavy atom. The highest BCUT2D eigenvalue weighted by Crippen LogP contribution is 2.22. The highest BCUT2D eigenvalue weighted by Gasteiger charge is 2.07. The van der Waals surface area contributed by atoms with E-state index in [1.807, 2.05) is 56.7 Å². The summed E-state index contributed by atoms with van der Waals surface area (Å²) >= 11 is 3.53. The number of rotatable bonds is 6. The molecule has 0 aliphatic heterocycles. The predicted molar refractivity (Wildman–Crippen MR) is 103 cm³/mol. The van der Waals surface area contributed by atoms with Gasteiger partial charge in [0.2, 0.25) is 5.95 Å². The summed E-state index contributed by atoms with van der Waals surface area (Å²) in [6, 6.07) is 10.1. The molecule has 1 N–H and O–H groups in total. The van der Waals surface area contributed by atoms with Crippen molar-refractivity contribution in [3.63, 3.8) is 0 Å². The summed E-state index contributed by atoms with van der Waals surface area (Å²) in [5.74, 6) is 1.25. The lowest BCUT2D eigenvalue weighted by Gasteiger charge is -2.18. The molecule has 0 aliphatic carbocycles. The van der Waals surface area contributed by atoms with Crippen LogP contribution in [0.25, 0.3) is 0 Å². The summed E-state index contributed by atoms with van der Waals surface area (Å²) in [6.45, 7) is 2.88. The van der Waals surface area contributed by atoms with Gasteiger partial charge in [-0.1, -0.05) is 22.0 Å². The zero-order chi connectivity index (χ0) is 17.6. The highest BCUT2D eigenvalue weighted by atomic mass is 79.9. The minimum atomic E-state index is 0.476. The Labute approximate surface area is 155 Å². The maximum Gasteiger partial charge on any atom is 0.249 e. The fourth-order valence-corrected chi connectivity index (χ4v) is 2.67. The summed E-state index contributed by atoms with van der Waals surface area (Å²) in [5.41, 5.74) is 3.33. The minimum absolute atomic E-state index is 0.476. The fourth-order valence-electron chi connectivity index (χ4n) is 2.29. The molecule has 0 spiro atoms. The number of hydrogen-bond donors (Lipinski definition) is 1. The summed E-state index contributed by atoms with van der Waals surface area (Å²) in [5, 5.41) is 11.3. The first-order valence-electron chi connectivity index (χ1n) is 7.95. The van der Waals surface area contributed by atoms with Crippen LogP contribution in [0.4, 0.5) is 17.5 Å². The van der Waals surface area contributed by atoms with E-state index in [1.54, 1.807) is 6.20 Å². The van der Waals surface area contributed by atoms with Gasteiger partial charge in [-0.2, -0.15) is 10.1 Å². The molecular formula is C18H19BrN6. The van der Waals surface area contributed by atoms with E-state index in [-0.39, 0.29) is 0 Å². The Morgan fingerprint density at radius 3 is 2.72 bits per heavy atom. The molecule has 0 bridgehead atoms. The van der Waals surface area contributed by atoms with Gasteiger partial charge in [0.15, 0.2) is 5.82 Å². The quantitative estimate of drug-likeness (QED) is 0.681. The molecule has 0 atom stereocenters. The van der Waals surface area contributed by atoms with Crippen LogP contribution < -0.4 is 10.2 Å². The number of halogens is 1. The average molecular weight is 399 g/mol. The first-order valence-corrected chi connectivity index (χ1v) is 8.74. The number of aryl methyl sites for hydroxylation is 1. The molecule has 6 nitrogen and oxygen atoms in total. The van der Waals surface area contributed by atoms with Gasteiger partial charge in [0, 0.05) is 36.1 Å². The molecule has 0 radical (unpaired) electrons. The van der Waals surface area contributed by atoms with E-state index in [0.717, 1.165) is 28.9 Å². The zero-order valence-electron chi connectivity index (χ0n) is 14.1. The average Bonchev–Trinajstić information content (AvgIpc) is 2.64. The molecule has 3 rings (SSSR count). The predicted octanol–water partition coefficient (Wildman–Crippen LogP) is 3.76. The molecule has 0 fully saturated rings. The summed E-state index contributed by atoms with van der Waals surface area (Å²) in [6.07, 6.45) is 6.20. The second-order valence-electron chi connectivity index (χ2n) is 5.75. The molecule has 2 aromatic heterocycles. The lowest BCUT2D eigenvalue weighted by atomic mass is 10.2. The van der Waals surface area contributed by atoms with Gasteiger partial charge >= 0.3 is 0 Å². The molecule has 3 aromatic rings. The Bertz CT molecular complexity index is 840. The van der Waals surface area contributed by atoms with Gasteiger partial charge in [0.05, 0.1) is 6.20 Å². The van der Waals surface area contributed by atoms with Crippen LogP contribution >= 0.6 is 15.9 Å². The maximum atomic E-state index is 4.55. The second-order valence-corrected chi connectivity index (χ2v) is 6.61. The maximum absolute atomic E-state index is 4.55. The van der Waals surface area contributed by atoms with Gasteiger partial charge < -0.3 is 10.2 Å². The second kappa shape index (κ2) is 8.02. The molecule has 1 aromatic carbocycles. The Morgan fingerprint density at radius 2 is 1.96 bits per heavy atom. The standard InChI is InChI=1S/C18H19BrN6/c1-13-3-4-15(11-16(13)19)22-18-23-17(12-21-24-18)25(2)10-7-14-5-8-20-9-6-14/h3-6,8-9,11-12H,7,10H2,1-2H3,(H,22,23,24). The van der Waals surface area contributed by atoms with E-state index in [4.69, 9.17) is 0 Å². The summed E-state index contributed by atoms with van der Waals surface area (Å²) in [4.78, 5) is 10.6. The van der Waals surface area contributed by atoms with Crippen molar-refractivity contribution < 1.29 is 0 Å². The number of anilines is 3. The Hall–Kier alpha value is -2.54. The van der Waals surface area contributed by atoms with Crippen LogP contribution in [0.5, 0.6) is 0 Å². The van der Waals surface area contributed by atoms with Gasteiger partial charge in [0.25, 0.3) is 0 Å². The molecule has 2 heterocycles. The fraction of sp³-hybridized carbons (Fsp3) is 0.222. The topological polar surface area (TPSA) is 66.8 Å². The van der Waals surface area contributed by atoms with Crippen LogP contribution in [0.3, 0.4) is 0 Å². The van der Waals surface area contributed by atoms with Crippen LogP contribution in [-0.4, -0.2) is 33.8 Å². The van der Waals surface area contributed by atoms with Gasteiger partial charge in [-0.3, -0.25) is 4.98 Å². The molecule has 0 unspecified atom stereocenters. The molecule has 7 heteroatoms. The monoisotopic (exact) mass is 398 g/mol. The SMILES string of the molecule is Cc1ccc(Nc2nncc(N(C)CCc3ccncc3)n2)cc1Br. The van der Waals surface area contributed by atoms with E-state index in [0.29, 0.717) is 5.95 Å². The van der Waals surface area contributed by atoms with Crippen LogP contribution in [0.15, 0.2) is 53.4 Å². The normalized spacial score (nSPS) is 10.5. The summed E-state index contributed by atoms with van der Waals surface area (Å²) in [7, 11) is 2.00. The van der Waals surface area contributed by atoms with E-state index < -0.39 is 0 Å². The number of aromatic nitrogens is 4. The molecule has 0 amide bonds. The smallest absolute Gasteiger partial charge is 0.249 e. The van der Waals surface area contributed by atoms with Gasteiger partial charge in [-0.25, -0.2) is 0 Å². The number of hydrogen-bond acceptors (Lipinski definition) is 6. The first-order chi connectivity index (χ1) is 12.1. The van der Waals surface area contributed by atoms with E-state index >= 15 is 0 Å². The molecule has 0 saturated carbocycles. The summed E-state index contributed by atoms with van der Waals surface area (Å²) < 4.78 is 1.04. The van der Waals surface area contributed by atoms with Crippen molar-refractivity contribution in [1.29, 1.82) is 0 Å². The number of pyridine rings is 1. The molecular weight excluding hydrogens is 380 g/mol. The molecule has 0 aliphatic rings. The number of nitrogens with zero attached hydrogens (tertiary/aromatic N) is 5. The van der Waals surface area contributed by atoms with E-state index in [2.05, 4.69) is 46.3 Å².